The third-order valence-corrected chi connectivity index (χ3v) is 7.34. The molecule has 8 nitrogen and oxygen atoms in total. The lowest BCUT2D eigenvalue weighted by Gasteiger charge is -2.21. The van der Waals surface area contributed by atoms with Gasteiger partial charge in [0.25, 0.3) is 0 Å². The van der Waals surface area contributed by atoms with Gasteiger partial charge in [-0.05, 0) is 43.0 Å². The molecule has 1 saturated heterocycles. The van der Waals surface area contributed by atoms with E-state index in [-0.39, 0.29) is 11.6 Å². The van der Waals surface area contributed by atoms with Crippen molar-refractivity contribution in [3.8, 4) is 5.69 Å². The maximum atomic E-state index is 12.1. The number of rotatable bonds is 5. The van der Waals surface area contributed by atoms with Gasteiger partial charge in [0.1, 0.15) is 0 Å². The highest BCUT2D eigenvalue weighted by Crippen LogP contribution is 2.36. The summed E-state index contributed by atoms with van der Waals surface area (Å²) in [6.45, 7) is 6.89. The Morgan fingerprint density at radius 3 is 2.58 bits per heavy atom. The zero-order valence-electron chi connectivity index (χ0n) is 18.0. The molecule has 1 aliphatic rings. The molecule has 1 unspecified atom stereocenters. The monoisotopic (exact) mass is 442 g/mol. The highest BCUT2D eigenvalue weighted by atomic mass is 32.2. The molecule has 4 rings (SSSR count). The summed E-state index contributed by atoms with van der Waals surface area (Å²) in [6.07, 6.45) is 1.76. The second kappa shape index (κ2) is 7.64. The Balaban J connectivity index is 1.99. The molecule has 3 heterocycles. The molecular formula is C22H26N4O4S. The lowest BCUT2D eigenvalue weighted by molar-refractivity contribution is 0.0691. The number of sulfone groups is 1. The maximum absolute atomic E-state index is 12.1. The van der Waals surface area contributed by atoms with Gasteiger partial charge >= 0.3 is 5.97 Å². The van der Waals surface area contributed by atoms with Gasteiger partial charge in [0.05, 0.1) is 27.7 Å². The smallest absolute Gasteiger partial charge is 0.354 e. The molecule has 1 fully saturated rings. The Kier molecular flexibility index (Phi) is 5.25. The van der Waals surface area contributed by atoms with Crippen LogP contribution in [0.1, 0.15) is 47.9 Å². The summed E-state index contributed by atoms with van der Waals surface area (Å²) < 4.78 is 25.9. The SMILES string of the molecule is Cc1cccc(-n2nc(C(C)C)c3c(N4CCC(S(C)(=O)=O)C4)cc(C(=O)O)nc32)c1. The number of hydrogen-bond donors (Lipinski definition) is 1. The van der Waals surface area contributed by atoms with E-state index >= 15 is 0 Å². The molecule has 31 heavy (non-hydrogen) atoms. The van der Waals surface area contributed by atoms with Gasteiger partial charge < -0.3 is 10.0 Å². The molecule has 0 radical (unpaired) electrons. The van der Waals surface area contributed by atoms with Crippen molar-refractivity contribution in [2.24, 2.45) is 0 Å². The van der Waals surface area contributed by atoms with E-state index in [9.17, 15) is 18.3 Å². The number of carbonyl (C=O) groups is 1. The molecule has 0 aliphatic carbocycles. The number of pyridine rings is 1. The van der Waals surface area contributed by atoms with E-state index < -0.39 is 21.1 Å². The predicted molar refractivity (Wildman–Crippen MR) is 120 cm³/mol. The number of fused-ring (bicyclic) bond motifs is 1. The quantitative estimate of drug-likeness (QED) is 0.647. The summed E-state index contributed by atoms with van der Waals surface area (Å²) in [7, 11) is -3.19. The summed E-state index contributed by atoms with van der Waals surface area (Å²) in [5.41, 5.74) is 3.71. The van der Waals surface area contributed by atoms with Crippen molar-refractivity contribution in [3.63, 3.8) is 0 Å². The van der Waals surface area contributed by atoms with Gasteiger partial charge in [-0.1, -0.05) is 26.0 Å². The molecule has 0 amide bonds. The van der Waals surface area contributed by atoms with Gasteiger partial charge in [-0.3, -0.25) is 0 Å². The maximum Gasteiger partial charge on any atom is 0.354 e. The Labute approximate surface area is 181 Å². The average molecular weight is 443 g/mol. The van der Waals surface area contributed by atoms with Crippen LogP contribution in [0.25, 0.3) is 16.7 Å². The van der Waals surface area contributed by atoms with E-state index in [0.717, 1.165) is 22.3 Å². The molecule has 9 heteroatoms. The normalized spacial score (nSPS) is 17.1. The van der Waals surface area contributed by atoms with Crippen molar-refractivity contribution in [1.29, 1.82) is 0 Å². The molecule has 1 atom stereocenters. The van der Waals surface area contributed by atoms with Crippen molar-refractivity contribution >= 4 is 32.5 Å². The summed E-state index contributed by atoms with van der Waals surface area (Å²) in [5, 5.41) is 14.8. The third-order valence-electron chi connectivity index (χ3n) is 5.75. The van der Waals surface area contributed by atoms with E-state index in [0.29, 0.717) is 30.8 Å². The van der Waals surface area contributed by atoms with Crippen LogP contribution in [-0.2, 0) is 9.84 Å². The first-order valence-electron chi connectivity index (χ1n) is 10.2. The van der Waals surface area contributed by atoms with Crippen molar-refractivity contribution in [2.75, 3.05) is 24.2 Å². The second-order valence-electron chi connectivity index (χ2n) is 8.51. The number of aromatic nitrogens is 3. The molecule has 3 aromatic rings. The van der Waals surface area contributed by atoms with Crippen molar-refractivity contribution in [1.82, 2.24) is 14.8 Å². The van der Waals surface area contributed by atoms with Crippen molar-refractivity contribution in [3.05, 3.63) is 47.3 Å². The first kappa shape index (κ1) is 21.3. The highest BCUT2D eigenvalue weighted by Gasteiger charge is 2.33. The number of anilines is 1. The van der Waals surface area contributed by atoms with Crippen molar-refractivity contribution < 1.29 is 18.3 Å². The Hall–Kier alpha value is -2.94. The number of benzene rings is 1. The number of carboxylic acid groups (broad SMARTS) is 1. The summed E-state index contributed by atoms with van der Waals surface area (Å²) in [6, 6.07) is 9.33. The second-order valence-corrected chi connectivity index (χ2v) is 10.8. The van der Waals surface area contributed by atoms with Crippen LogP contribution in [0.2, 0.25) is 0 Å². The molecule has 1 N–H and O–H groups in total. The van der Waals surface area contributed by atoms with Crippen LogP contribution >= 0.6 is 0 Å². The van der Waals surface area contributed by atoms with Gasteiger partial charge in [-0.2, -0.15) is 5.10 Å². The van der Waals surface area contributed by atoms with Crippen LogP contribution in [-0.4, -0.2) is 58.9 Å². The topological polar surface area (TPSA) is 105 Å². The highest BCUT2D eigenvalue weighted by molar-refractivity contribution is 7.91. The lowest BCUT2D eigenvalue weighted by Crippen LogP contribution is -2.26. The zero-order chi connectivity index (χ0) is 22.5. The van der Waals surface area contributed by atoms with Crippen LogP contribution in [0.3, 0.4) is 0 Å². The Morgan fingerprint density at radius 2 is 2.00 bits per heavy atom. The molecule has 2 aromatic heterocycles. The average Bonchev–Trinajstić information content (AvgIpc) is 3.32. The van der Waals surface area contributed by atoms with E-state index in [1.807, 2.05) is 49.9 Å². The summed E-state index contributed by atoms with van der Waals surface area (Å²) >= 11 is 0. The minimum Gasteiger partial charge on any atom is -0.477 e. The number of carboxylic acids is 1. The summed E-state index contributed by atoms with van der Waals surface area (Å²) in [4.78, 5) is 18.3. The fraction of sp³-hybridized carbons (Fsp3) is 0.409. The standard InChI is InChI=1S/C22H26N4O4S/c1-13(2)20-19-18(25-9-8-16(12-25)31(4,29)30)11-17(22(27)28)23-21(19)26(24-20)15-7-5-6-14(3)10-15/h5-7,10-11,13,16H,8-9,12H2,1-4H3,(H,27,28). The third kappa shape index (κ3) is 3.89. The first-order valence-corrected chi connectivity index (χ1v) is 12.2. The van der Waals surface area contributed by atoms with Gasteiger partial charge in [-0.15, -0.1) is 0 Å². The first-order chi connectivity index (χ1) is 14.6. The molecule has 0 saturated carbocycles. The van der Waals surface area contributed by atoms with E-state index in [4.69, 9.17) is 5.10 Å². The molecule has 1 aromatic carbocycles. The zero-order valence-corrected chi connectivity index (χ0v) is 18.8. The van der Waals surface area contributed by atoms with Gasteiger partial charge in [0, 0.05) is 19.3 Å². The van der Waals surface area contributed by atoms with E-state index in [1.54, 1.807) is 10.7 Å². The molecule has 164 valence electrons. The van der Waals surface area contributed by atoms with Crippen LogP contribution < -0.4 is 4.90 Å². The Morgan fingerprint density at radius 1 is 1.26 bits per heavy atom. The number of nitrogens with zero attached hydrogens (tertiary/aromatic N) is 4. The van der Waals surface area contributed by atoms with Crippen LogP contribution in [0, 0.1) is 6.92 Å². The van der Waals surface area contributed by atoms with Gasteiger partial charge in [0.2, 0.25) is 0 Å². The van der Waals surface area contributed by atoms with Gasteiger partial charge in [-0.25, -0.2) is 22.9 Å². The predicted octanol–water partition coefficient (Wildman–Crippen LogP) is 3.17. The number of aromatic carboxylic acids is 1. The van der Waals surface area contributed by atoms with Gasteiger partial charge in [0.15, 0.2) is 21.2 Å². The largest absolute Gasteiger partial charge is 0.477 e. The van der Waals surface area contributed by atoms with Crippen molar-refractivity contribution in [2.45, 2.75) is 38.4 Å². The fourth-order valence-corrected chi connectivity index (χ4v) is 5.11. The molecule has 1 aliphatic heterocycles. The fourth-order valence-electron chi connectivity index (χ4n) is 4.12. The molecule has 0 bridgehead atoms. The number of aryl methyl sites for hydroxylation is 1. The minimum atomic E-state index is -3.19. The van der Waals surface area contributed by atoms with Crippen LogP contribution in [0.5, 0.6) is 0 Å². The molecular weight excluding hydrogens is 416 g/mol. The van der Waals surface area contributed by atoms with Crippen LogP contribution in [0.15, 0.2) is 30.3 Å². The summed E-state index contributed by atoms with van der Waals surface area (Å²) in [5.74, 6) is -1.07. The van der Waals surface area contributed by atoms with E-state index in [1.165, 1.54) is 6.26 Å². The van der Waals surface area contributed by atoms with Crippen LogP contribution in [0.4, 0.5) is 5.69 Å². The van der Waals surface area contributed by atoms with E-state index in [2.05, 4.69) is 4.98 Å². The minimum absolute atomic E-state index is 0.0677. The Bertz CT molecular complexity index is 1280. The lowest BCUT2D eigenvalue weighted by atomic mass is 10.1. The number of hydrogen-bond acceptors (Lipinski definition) is 6. The molecule has 0 spiro atoms.